The Balaban J connectivity index is 1.36. The Labute approximate surface area is 344 Å². The number of nitrogens with one attached hydrogen (secondary N) is 2. The van der Waals surface area contributed by atoms with Crippen LogP contribution in [0.1, 0.15) is 78.6 Å². The zero-order chi connectivity index (χ0) is 43.8. The largest absolute Gasteiger partial charge is 0.480 e. The number of carboxylic acid groups (broad SMARTS) is 5. The average Bonchev–Trinajstić information content (AvgIpc) is 3.49. The number of aliphatic hydroxyl groups excluding tert-OH is 2. The highest BCUT2D eigenvalue weighted by atomic mass is 16.4. The highest BCUT2D eigenvalue weighted by Gasteiger charge is 2.65. The van der Waals surface area contributed by atoms with E-state index in [-0.39, 0.29) is 67.6 Å². The summed E-state index contributed by atoms with van der Waals surface area (Å²) in [7, 11) is 0. The molecule has 0 aliphatic heterocycles. The van der Waals surface area contributed by atoms with Crippen molar-refractivity contribution in [2.24, 2.45) is 46.3 Å². The van der Waals surface area contributed by atoms with Crippen LogP contribution in [0.4, 0.5) is 0 Å². The summed E-state index contributed by atoms with van der Waals surface area (Å²) in [5.41, 5.74) is -0.459. The zero-order valence-electron chi connectivity index (χ0n) is 34.5. The monoisotopic (exact) mass is 839 g/mol. The molecule has 19 heteroatoms. The quantitative estimate of drug-likeness (QED) is 0.0651. The van der Waals surface area contributed by atoms with Gasteiger partial charge in [-0.25, -0.2) is 4.79 Å². The van der Waals surface area contributed by atoms with Crippen molar-refractivity contribution in [1.82, 2.24) is 25.3 Å². The van der Waals surface area contributed by atoms with Crippen LogP contribution in [0.5, 0.6) is 0 Å². The number of amides is 2. The summed E-state index contributed by atoms with van der Waals surface area (Å²) in [6, 6.07) is -1.30. The molecule has 4 unspecified atom stereocenters. The van der Waals surface area contributed by atoms with Crippen molar-refractivity contribution >= 4 is 41.7 Å². The lowest BCUT2D eigenvalue weighted by atomic mass is 9.43. The van der Waals surface area contributed by atoms with Crippen LogP contribution < -0.4 is 10.6 Å². The van der Waals surface area contributed by atoms with Gasteiger partial charge in [0.25, 0.3) is 0 Å². The molecule has 19 nitrogen and oxygen atoms in total. The van der Waals surface area contributed by atoms with Gasteiger partial charge in [0.1, 0.15) is 6.04 Å². The smallest absolute Gasteiger partial charge is 0.326 e. The van der Waals surface area contributed by atoms with Crippen LogP contribution in [0.3, 0.4) is 0 Å². The lowest BCUT2D eigenvalue weighted by Gasteiger charge is -2.63. The van der Waals surface area contributed by atoms with Gasteiger partial charge in [0, 0.05) is 26.2 Å². The van der Waals surface area contributed by atoms with Crippen molar-refractivity contribution in [1.29, 1.82) is 0 Å². The summed E-state index contributed by atoms with van der Waals surface area (Å²) < 4.78 is 0. The highest BCUT2D eigenvalue weighted by molar-refractivity contribution is 5.88. The van der Waals surface area contributed by atoms with Crippen LogP contribution in [0.2, 0.25) is 0 Å². The van der Waals surface area contributed by atoms with E-state index in [0.29, 0.717) is 12.3 Å². The Morgan fingerprint density at radius 2 is 1.22 bits per heavy atom. The van der Waals surface area contributed by atoms with E-state index >= 15 is 0 Å². The van der Waals surface area contributed by atoms with Gasteiger partial charge in [-0.2, -0.15) is 0 Å². The van der Waals surface area contributed by atoms with Gasteiger partial charge in [0.05, 0.1) is 51.5 Å². The minimum absolute atomic E-state index is 0.0548. The molecule has 0 spiro atoms. The van der Waals surface area contributed by atoms with Gasteiger partial charge in [-0.1, -0.05) is 33.6 Å². The Bertz CT molecular complexity index is 1480. The number of hydrogen-bond donors (Lipinski definition) is 9. The lowest BCUT2D eigenvalue weighted by Crippen LogP contribution is -2.62. The number of rotatable bonds is 23. The first-order valence-electron chi connectivity index (χ1n) is 20.8. The molecule has 0 saturated heterocycles. The van der Waals surface area contributed by atoms with Crippen molar-refractivity contribution < 1.29 is 69.3 Å². The first kappa shape index (κ1) is 47.8. The topological polar surface area (TPSA) is 295 Å². The third-order valence-corrected chi connectivity index (χ3v) is 14.4. The predicted octanol–water partition coefficient (Wildman–Crippen LogP) is -0.0668. The Morgan fingerprint density at radius 3 is 1.75 bits per heavy atom. The maximum absolute atomic E-state index is 13.1. The molecule has 0 bridgehead atoms. The summed E-state index contributed by atoms with van der Waals surface area (Å²) in [5, 5.41) is 75.4. The molecule has 2 amide bonds. The standard InChI is InChI=1S/C40H65N5O14/c1-23(25-7-8-26-37-27(16-30(47)40(25,26)3)39(2)9-5-4-6-24(39)15-29(37)46)14-28(38(58)59)42-31(48)17-41-32(49)18-43(10-12-44(19-33(50)51)20-34(52)53)11-13-45(21-35(54)55)22-36(56)57/h23-30,37,46-47H,4-22H2,1-3H3,(H,41,49)(H,42,48)(H,50,51)(H,52,53)(H,54,55)(H,56,57)(H,58,59)/t23-,24?,25-,26+,27+,28?,29?,30?,37+,39+,40-/m1/s1. The Hall–Kier alpha value is -3.91. The van der Waals surface area contributed by atoms with E-state index in [4.69, 9.17) is 0 Å². The predicted molar refractivity (Wildman–Crippen MR) is 209 cm³/mol. The number of aliphatic carboxylic acids is 5. The molecule has 4 aliphatic rings. The Morgan fingerprint density at radius 1 is 0.678 bits per heavy atom. The molecule has 0 heterocycles. The van der Waals surface area contributed by atoms with Gasteiger partial charge in [-0.15, -0.1) is 0 Å². The van der Waals surface area contributed by atoms with Crippen LogP contribution >= 0.6 is 0 Å². The van der Waals surface area contributed by atoms with Crippen molar-refractivity contribution in [2.45, 2.75) is 96.8 Å². The molecule has 59 heavy (non-hydrogen) atoms. The van der Waals surface area contributed by atoms with E-state index in [1.165, 1.54) is 11.3 Å². The average molecular weight is 840 g/mol. The van der Waals surface area contributed by atoms with Gasteiger partial charge in [0.2, 0.25) is 11.8 Å². The molecule has 9 N–H and O–H groups in total. The molecule has 4 rings (SSSR count). The number of nitrogens with zero attached hydrogens (tertiary/aromatic N) is 3. The van der Waals surface area contributed by atoms with Gasteiger partial charge >= 0.3 is 29.8 Å². The maximum atomic E-state index is 13.1. The second-order valence-electron chi connectivity index (χ2n) is 18.1. The highest BCUT2D eigenvalue weighted by Crippen LogP contribution is 2.68. The molecule has 4 aliphatic carbocycles. The summed E-state index contributed by atoms with van der Waals surface area (Å²) in [6.07, 6.45) is 6.52. The molecule has 334 valence electrons. The van der Waals surface area contributed by atoms with E-state index in [0.717, 1.165) is 48.3 Å². The Kier molecular flexibility index (Phi) is 16.7. The van der Waals surface area contributed by atoms with Gasteiger partial charge < -0.3 is 46.4 Å². The van der Waals surface area contributed by atoms with Gasteiger partial charge in [0.15, 0.2) is 0 Å². The number of fused-ring (bicyclic) bond motifs is 5. The SMILES string of the molecule is C[C@H](CC(NC(=O)CNC(=O)CN(CCN(CC(=O)O)CC(=O)O)CCN(CC(=O)O)CC(=O)O)C(=O)O)[C@H]1CC[C@H]2[C@@H]3C(O)CC4CCCC[C@]4(C)[C@H]3CC(O)[C@]12C. The minimum Gasteiger partial charge on any atom is -0.480 e. The van der Waals surface area contributed by atoms with Crippen LogP contribution in [0.15, 0.2) is 0 Å². The number of carbonyl (C=O) groups is 7. The van der Waals surface area contributed by atoms with Crippen LogP contribution in [0, 0.1) is 46.3 Å². The normalized spacial score (nSPS) is 31.1. The van der Waals surface area contributed by atoms with Gasteiger partial charge in [-0.3, -0.25) is 43.5 Å². The molecule has 11 atom stereocenters. The maximum Gasteiger partial charge on any atom is 0.326 e. The molecule has 0 aromatic heterocycles. The molecule has 4 fully saturated rings. The molecular formula is C40H65N5O14. The fourth-order valence-corrected chi connectivity index (χ4v) is 11.7. The van der Waals surface area contributed by atoms with E-state index in [9.17, 15) is 69.3 Å². The van der Waals surface area contributed by atoms with Crippen molar-refractivity contribution in [3.63, 3.8) is 0 Å². The lowest BCUT2D eigenvalue weighted by molar-refractivity contribution is -0.201. The van der Waals surface area contributed by atoms with Crippen molar-refractivity contribution in [2.75, 3.05) is 65.4 Å². The summed E-state index contributed by atoms with van der Waals surface area (Å²) >= 11 is 0. The summed E-state index contributed by atoms with van der Waals surface area (Å²) in [4.78, 5) is 87.4. The molecule has 0 aromatic carbocycles. The van der Waals surface area contributed by atoms with Crippen molar-refractivity contribution in [3.8, 4) is 0 Å². The molecular weight excluding hydrogens is 774 g/mol. The van der Waals surface area contributed by atoms with Gasteiger partial charge in [-0.05, 0) is 91.3 Å². The van der Waals surface area contributed by atoms with Crippen LogP contribution in [0.25, 0.3) is 0 Å². The van der Waals surface area contributed by atoms with E-state index < -0.39 is 105 Å². The summed E-state index contributed by atoms with van der Waals surface area (Å²) in [6.45, 7) is 2.45. The second kappa shape index (κ2) is 20.6. The number of carbonyl (C=O) groups excluding carboxylic acids is 2. The van der Waals surface area contributed by atoms with E-state index in [1.807, 2.05) is 6.92 Å². The number of carboxylic acids is 5. The third kappa shape index (κ3) is 12.1. The second-order valence-corrected chi connectivity index (χ2v) is 18.1. The third-order valence-electron chi connectivity index (χ3n) is 14.4. The first-order chi connectivity index (χ1) is 27.6. The molecule has 0 aromatic rings. The minimum atomic E-state index is -1.30. The van der Waals surface area contributed by atoms with Crippen molar-refractivity contribution in [3.05, 3.63) is 0 Å². The first-order valence-corrected chi connectivity index (χ1v) is 20.8. The zero-order valence-corrected chi connectivity index (χ0v) is 34.5. The fourth-order valence-electron chi connectivity index (χ4n) is 11.7. The fraction of sp³-hybridized carbons (Fsp3) is 0.825. The molecule has 0 radical (unpaired) electrons. The number of aliphatic hydroxyl groups is 2. The van der Waals surface area contributed by atoms with Crippen LogP contribution in [-0.2, 0) is 33.6 Å². The van der Waals surface area contributed by atoms with E-state index in [1.54, 1.807) is 0 Å². The van der Waals surface area contributed by atoms with E-state index in [2.05, 4.69) is 24.5 Å². The van der Waals surface area contributed by atoms with Crippen LogP contribution in [-0.4, -0.2) is 176 Å². The molecule has 4 saturated carbocycles. The summed E-state index contributed by atoms with van der Waals surface area (Å²) in [5.74, 6) is -7.36. The number of hydrogen-bond acceptors (Lipinski definition) is 12.